The monoisotopic (exact) mass is 165 g/mol. The normalized spacial score (nSPS) is 14.8. The lowest BCUT2D eigenvalue weighted by atomic mass is 10.0. The van der Waals surface area contributed by atoms with Crippen molar-refractivity contribution in [1.82, 2.24) is 0 Å². The minimum absolute atomic E-state index is 0.0748. The fourth-order valence-electron chi connectivity index (χ4n) is 1.90. The molecule has 2 N–H and O–H groups in total. The van der Waals surface area contributed by atoms with Crippen molar-refractivity contribution < 1.29 is 4.39 Å². The first-order valence-corrected chi connectivity index (χ1v) is 4.26. The summed E-state index contributed by atoms with van der Waals surface area (Å²) in [5, 5.41) is 0. The van der Waals surface area contributed by atoms with Crippen LogP contribution in [-0.2, 0) is 12.8 Å². The lowest BCUT2D eigenvalue weighted by molar-refractivity contribution is 0.612. The van der Waals surface area contributed by atoms with Gasteiger partial charge in [0.1, 0.15) is 5.82 Å². The summed E-state index contributed by atoms with van der Waals surface area (Å²) in [6.07, 6.45) is 2.84. The van der Waals surface area contributed by atoms with Crippen LogP contribution in [0.3, 0.4) is 0 Å². The van der Waals surface area contributed by atoms with Crippen LogP contribution in [0.1, 0.15) is 23.1 Å². The zero-order chi connectivity index (χ0) is 8.72. The van der Waals surface area contributed by atoms with Crippen LogP contribution in [0.2, 0.25) is 0 Å². The predicted molar refractivity (Wildman–Crippen MR) is 47.6 cm³/mol. The highest BCUT2D eigenvalue weighted by Gasteiger charge is 2.18. The Kier molecular flexibility index (Phi) is 1.56. The Morgan fingerprint density at radius 2 is 2.00 bits per heavy atom. The average Bonchev–Trinajstić information content (AvgIpc) is 2.48. The summed E-state index contributed by atoms with van der Waals surface area (Å²) in [6, 6.07) is 1.54. The SMILES string of the molecule is Cc1cc(F)c2c(c1N)CCC2. The Morgan fingerprint density at radius 3 is 2.75 bits per heavy atom. The quantitative estimate of drug-likeness (QED) is 0.586. The van der Waals surface area contributed by atoms with Gasteiger partial charge in [-0.15, -0.1) is 0 Å². The van der Waals surface area contributed by atoms with Crippen molar-refractivity contribution in [3.63, 3.8) is 0 Å². The molecule has 0 atom stereocenters. The molecule has 12 heavy (non-hydrogen) atoms. The van der Waals surface area contributed by atoms with E-state index in [2.05, 4.69) is 0 Å². The number of rotatable bonds is 0. The van der Waals surface area contributed by atoms with Gasteiger partial charge in [0.05, 0.1) is 0 Å². The van der Waals surface area contributed by atoms with E-state index in [0.29, 0.717) is 0 Å². The molecular formula is C10H12FN. The number of nitrogens with two attached hydrogens (primary N) is 1. The van der Waals surface area contributed by atoms with Crippen LogP contribution in [0.5, 0.6) is 0 Å². The molecule has 0 radical (unpaired) electrons. The molecule has 64 valence electrons. The Hall–Kier alpha value is -1.05. The number of aryl methyl sites for hydroxylation is 1. The zero-order valence-corrected chi connectivity index (χ0v) is 7.15. The van der Waals surface area contributed by atoms with Crippen LogP contribution in [-0.4, -0.2) is 0 Å². The lowest BCUT2D eigenvalue weighted by Gasteiger charge is -2.07. The van der Waals surface area contributed by atoms with Crippen molar-refractivity contribution in [3.05, 3.63) is 28.6 Å². The van der Waals surface area contributed by atoms with E-state index in [-0.39, 0.29) is 5.82 Å². The maximum Gasteiger partial charge on any atom is 0.127 e. The third-order valence-electron chi connectivity index (χ3n) is 2.60. The fourth-order valence-corrected chi connectivity index (χ4v) is 1.90. The van der Waals surface area contributed by atoms with Gasteiger partial charge in [-0.1, -0.05) is 0 Å². The van der Waals surface area contributed by atoms with E-state index in [1.165, 1.54) is 0 Å². The Morgan fingerprint density at radius 1 is 1.33 bits per heavy atom. The molecule has 2 rings (SSSR count). The third-order valence-corrected chi connectivity index (χ3v) is 2.60. The number of halogens is 1. The topological polar surface area (TPSA) is 26.0 Å². The van der Waals surface area contributed by atoms with Gasteiger partial charge in [-0.2, -0.15) is 0 Å². The maximum atomic E-state index is 13.3. The third kappa shape index (κ3) is 0.909. The van der Waals surface area contributed by atoms with E-state index < -0.39 is 0 Å². The van der Waals surface area contributed by atoms with E-state index >= 15 is 0 Å². The number of fused-ring (bicyclic) bond motifs is 1. The number of benzene rings is 1. The summed E-state index contributed by atoms with van der Waals surface area (Å²) in [7, 11) is 0. The highest BCUT2D eigenvalue weighted by atomic mass is 19.1. The fraction of sp³-hybridized carbons (Fsp3) is 0.400. The number of anilines is 1. The number of nitrogen functional groups attached to an aromatic ring is 1. The average molecular weight is 165 g/mol. The Labute approximate surface area is 71.4 Å². The Balaban J connectivity index is 2.69. The first-order valence-electron chi connectivity index (χ1n) is 4.26. The van der Waals surface area contributed by atoms with Crippen molar-refractivity contribution in [2.24, 2.45) is 0 Å². The molecule has 0 saturated heterocycles. The standard InChI is InChI=1S/C10H12FN/c1-6-5-9(11)7-3-2-4-8(7)10(6)12/h5H,2-4,12H2,1H3. The van der Waals surface area contributed by atoms with Gasteiger partial charge in [0.25, 0.3) is 0 Å². The van der Waals surface area contributed by atoms with E-state index in [1.807, 2.05) is 6.92 Å². The van der Waals surface area contributed by atoms with Crippen molar-refractivity contribution in [3.8, 4) is 0 Å². The van der Waals surface area contributed by atoms with Crippen LogP contribution < -0.4 is 5.73 Å². The number of hydrogen-bond donors (Lipinski definition) is 1. The summed E-state index contributed by atoms with van der Waals surface area (Å²) >= 11 is 0. The van der Waals surface area contributed by atoms with Crippen LogP contribution in [0.15, 0.2) is 6.07 Å². The van der Waals surface area contributed by atoms with Gasteiger partial charge in [-0.05, 0) is 48.9 Å². The second kappa shape index (κ2) is 2.47. The van der Waals surface area contributed by atoms with Crippen molar-refractivity contribution in [2.75, 3.05) is 5.73 Å². The molecule has 0 heterocycles. The summed E-state index contributed by atoms with van der Waals surface area (Å²) in [5.41, 5.74) is 9.39. The van der Waals surface area contributed by atoms with E-state index in [1.54, 1.807) is 6.07 Å². The summed E-state index contributed by atoms with van der Waals surface area (Å²) in [4.78, 5) is 0. The highest BCUT2D eigenvalue weighted by molar-refractivity contribution is 5.58. The van der Waals surface area contributed by atoms with Crippen LogP contribution in [0.4, 0.5) is 10.1 Å². The molecule has 0 unspecified atom stereocenters. The van der Waals surface area contributed by atoms with E-state index in [9.17, 15) is 4.39 Å². The second-order valence-electron chi connectivity index (χ2n) is 3.40. The maximum absolute atomic E-state index is 13.3. The van der Waals surface area contributed by atoms with Gasteiger partial charge in [-0.25, -0.2) is 4.39 Å². The van der Waals surface area contributed by atoms with Gasteiger partial charge in [0.15, 0.2) is 0 Å². The molecule has 0 amide bonds. The van der Waals surface area contributed by atoms with E-state index in [0.717, 1.165) is 41.6 Å². The predicted octanol–water partition coefficient (Wildman–Crippen LogP) is 2.21. The molecule has 2 heteroatoms. The molecule has 0 aliphatic heterocycles. The highest BCUT2D eigenvalue weighted by Crippen LogP contribution is 2.31. The minimum atomic E-state index is -0.0748. The second-order valence-corrected chi connectivity index (χ2v) is 3.40. The van der Waals surface area contributed by atoms with Gasteiger partial charge in [0, 0.05) is 5.69 Å². The molecule has 0 saturated carbocycles. The molecule has 1 aliphatic rings. The van der Waals surface area contributed by atoms with Crippen LogP contribution >= 0.6 is 0 Å². The molecule has 0 fully saturated rings. The van der Waals surface area contributed by atoms with Crippen LogP contribution in [0, 0.1) is 12.7 Å². The first-order chi connectivity index (χ1) is 5.70. The minimum Gasteiger partial charge on any atom is -0.398 e. The first kappa shape index (κ1) is 7.59. The van der Waals surface area contributed by atoms with Gasteiger partial charge in [0.2, 0.25) is 0 Å². The molecule has 1 aliphatic carbocycles. The molecule has 1 aromatic rings. The molecule has 1 aromatic carbocycles. The van der Waals surface area contributed by atoms with Crippen LogP contribution in [0.25, 0.3) is 0 Å². The molecule has 1 nitrogen and oxygen atoms in total. The Bertz CT molecular complexity index is 331. The van der Waals surface area contributed by atoms with Crippen molar-refractivity contribution >= 4 is 5.69 Å². The van der Waals surface area contributed by atoms with Gasteiger partial charge in [-0.3, -0.25) is 0 Å². The summed E-state index contributed by atoms with van der Waals surface area (Å²) in [6.45, 7) is 1.86. The van der Waals surface area contributed by atoms with Gasteiger partial charge < -0.3 is 5.73 Å². The summed E-state index contributed by atoms with van der Waals surface area (Å²) in [5.74, 6) is -0.0748. The van der Waals surface area contributed by atoms with Crippen molar-refractivity contribution in [2.45, 2.75) is 26.2 Å². The molecule has 0 spiro atoms. The molecule has 0 aromatic heterocycles. The lowest BCUT2D eigenvalue weighted by Crippen LogP contribution is -1.99. The van der Waals surface area contributed by atoms with Gasteiger partial charge >= 0.3 is 0 Å². The zero-order valence-electron chi connectivity index (χ0n) is 7.15. The van der Waals surface area contributed by atoms with Crippen molar-refractivity contribution in [1.29, 1.82) is 0 Å². The smallest absolute Gasteiger partial charge is 0.127 e. The molecular weight excluding hydrogens is 153 g/mol. The van der Waals surface area contributed by atoms with E-state index in [4.69, 9.17) is 5.73 Å². The molecule has 0 bridgehead atoms. The summed E-state index contributed by atoms with van der Waals surface area (Å²) < 4.78 is 13.3. The largest absolute Gasteiger partial charge is 0.398 e. The number of hydrogen-bond acceptors (Lipinski definition) is 1.